The average Bonchev–Trinajstić information content (AvgIpc) is 2.30. The van der Waals surface area contributed by atoms with E-state index >= 15 is 0 Å². The van der Waals surface area contributed by atoms with E-state index in [2.05, 4.69) is 0 Å². The normalized spacial score (nSPS) is 30.4. The first-order valence-corrected chi connectivity index (χ1v) is 3.71. The van der Waals surface area contributed by atoms with Crippen molar-refractivity contribution in [3.63, 3.8) is 0 Å². The first-order chi connectivity index (χ1) is 5.54. The maximum Gasteiger partial charge on any atom is 0.320 e. The van der Waals surface area contributed by atoms with Crippen LogP contribution in [0.3, 0.4) is 0 Å². The molecule has 1 rings (SSSR count). The Morgan fingerprint density at radius 3 is 1.67 bits per heavy atom. The molecule has 1 heterocycles. The van der Waals surface area contributed by atoms with Crippen LogP contribution in [0.4, 0.5) is 0 Å². The minimum atomic E-state index is -0.943. The minimum absolute atomic E-state index is 0.419. The molecule has 0 aromatic heterocycles. The van der Waals surface area contributed by atoms with Crippen molar-refractivity contribution in [3.8, 4) is 0 Å². The number of carboxylic acid groups (broad SMARTS) is 2. The second kappa shape index (κ2) is 3.10. The molecule has 0 aromatic rings. The number of hydrogen-bond donors (Lipinski definition) is 2. The Morgan fingerprint density at radius 2 is 1.50 bits per heavy atom. The maximum absolute atomic E-state index is 10.5. The van der Waals surface area contributed by atoms with E-state index in [4.69, 9.17) is 10.2 Å². The SMILES string of the molecule is CN1[C@@H](C(=O)O)CC[C@H]1C(=O)O. The Bertz CT molecular complexity index is 193. The Morgan fingerprint density at radius 1 is 1.17 bits per heavy atom. The fourth-order valence-electron chi connectivity index (χ4n) is 1.54. The summed E-state index contributed by atoms with van der Waals surface area (Å²) in [5.74, 6) is -1.89. The van der Waals surface area contributed by atoms with Gasteiger partial charge in [0.25, 0.3) is 0 Å². The van der Waals surface area contributed by atoms with Crippen LogP contribution < -0.4 is 0 Å². The molecule has 0 aliphatic carbocycles. The van der Waals surface area contributed by atoms with Crippen LogP contribution in [0.2, 0.25) is 0 Å². The van der Waals surface area contributed by atoms with Crippen LogP contribution in [0.25, 0.3) is 0 Å². The summed E-state index contributed by atoms with van der Waals surface area (Å²) in [5.41, 5.74) is 0. The molecule has 1 saturated heterocycles. The van der Waals surface area contributed by atoms with Crippen molar-refractivity contribution in [2.24, 2.45) is 0 Å². The molecule has 0 amide bonds. The van der Waals surface area contributed by atoms with Crippen LogP contribution in [0.15, 0.2) is 0 Å². The summed E-state index contributed by atoms with van der Waals surface area (Å²) >= 11 is 0. The van der Waals surface area contributed by atoms with Crippen molar-refractivity contribution in [3.05, 3.63) is 0 Å². The van der Waals surface area contributed by atoms with E-state index in [1.54, 1.807) is 0 Å². The number of carboxylic acids is 2. The van der Waals surface area contributed by atoms with Crippen LogP contribution in [0.5, 0.6) is 0 Å². The van der Waals surface area contributed by atoms with E-state index < -0.39 is 24.0 Å². The third-order valence-corrected chi connectivity index (χ3v) is 2.27. The summed E-state index contributed by atoms with van der Waals surface area (Å²) in [6, 6.07) is -1.27. The fraction of sp³-hybridized carbons (Fsp3) is 0.714. The average molecular weight is 173 g/mol. The Labute approximate surface area is 69.6 Å². The number of likely N-dealkylation sites (N-methyl/N-ethyl adjacent to an activating group) is 1. The van der Waals surface area contributed by atoms with Crippen LogP contribution in [0.1, 0.15) is 12.8 Å². The van der Waals surface area contributed by atoms with E-state index in [0.29, 0.717) is 12.8 Å². The molecule has 5 heteroatoms. The van der Waals surface area contributed by atoms with Gasteiger partial charge in [-0.3, -0.25) is 14.5 Å². The molecule has 0 spiro atoms. The van der Waals surface area contributed by atoms with Gasteiger partial charge in [0.15, 0.2) is 0 Å². The van der Waals surface area contributed by atoms with Crippen molar-refractivity contribution in [2.45, 2.75) is 24.9 Å². The van der Waals surface area contributed by atoms with Crippen molar-refractivity contribution in [1.82, 2.24) is 4.90 Å². The molecule has 1 aliphatic heterocycles. The third kappa shape index (κ3) is 1.40. The second-order valence-corrected chi connectivity index (χ2v) is 2.95. The molecule has 68 valence electrons. The van der Waals surface area contributed by atoms with Gasteiger partial charge in [-0.2, -0.15) is 0 Å². The number of nitrogens with zero attached hydrogens (tertiary/aromatic N) is 1. The lowest BCUT2D eigenvalue weighted by Gasteiger charge is -2.19. The molecule has 5 nitrogen and oxygen atoms in total. The highest BCUT2D eigenvalue weighted by Crippen LogP contribution is 2.22. The Kier molecular flexibility index (Phi) is 2.32. The molecule has 0 unspecified atom stereocenters. The monoisotopic (exact) mass is 173 g/mol. The van der Waals surface area contributed by atoms with E-state index in [1.165, 1.54) is 11.9 Å². The van der Waals surface area contributed by atoms with Gasteiger partial charge in [-0.15, -0.1) is 0 Å². The second-order valence-electron chi connectivity index (χ2n) is 2.95. The molecule has 2 N–H and O–H groups in total. The molecular formula is C7H11NO4. The maximum atomic E-state index is 10.5. The molecule has 0 bridgehead atoms. The van der Waals surface area contributed by atoms with Crippen LogP contribution in [-0.4, -0.2) is 46.2 Å². The minimum Gasteiger partial charge on any atom is -0.480 e. The lowest BCUT2D eigenvalue weighted by Crippen LogP contribution is -2.41. The van der Waals surface area contributed by atoms with Gasteiger partial charge < -0.3 is 10.2 Å². The zero-order valence-corrected chi connectivity index (χ0v) is 6.73. The van der Waals surface area contributed by atoms with Crippen LogP contribution in [0, 0.1) is 0 Å². The summed E-state index contributed by atoms with van der Waals surface area (Å²) in [5, 5.41) is 17.3. The van der Waals surface area contributed by atoms with E-state index in [9.17, 15) is 9.59 Å². The highest BCUT2D eigenvalue weighted by Gasteiger charge is 2.38. The zero-order valence-electron chi connectivity index (χ0n) is 6.73. The van der Waals surface area contributed by atoms with Gasteiger partial charge >= 0.3 is 11.9 Å². The van der Waals surface area contributed by atoms with Gasteiger partial charge in [0.2, 0.25) is 0 Å². The van der Waals surface area contributed by atoms with Gasteiger partial charge in [-0.05, 0) is 19.9 Å². The van der Waals surface area contributed by atoms with Crippen LogP contribution >= 0.6 is 0 Å². The van der Waals surface area contributed by atoms with Crippen molar-refractivity contribution in [1.29, 1.82) is 0 Å². The van der Waals surface area contributed by atoms with Crippen LogP contribution in [-0.2, 0) is 9.59 Å². The van der Waals surface area contributed by atoms with E-state index in [0.717, 1.165) is 0 Å². The van der Waals surface area contributed by atoms with Gasteiger partial charge in [0.1, 0.15) is 12.1 Å². The summed E-state index contributed by atoms with van der Waals surface area (Å²) < 4.78 is 0. The van der Waals surface area contributed by atoms with Gasteiger partial charge in [0.05, 0.1) is 0 Å². The first-order valence-electron chi connectivity index (χ1n) is 3.71. The lowest BCUT2D eigenvalue weighted by molar-refractivity contribution is -0.145. The highest BCUT2D eigenvalue weighted by atomic mass is 16.4. The largest absolute Gasteiger partial charge is 0.480 e. The molecular weight excluding hydrogens is 162 g/mol. The van der Waals surface area contributed by atoms with Gasteiger partial charge in [-0.25, -0.2) is 0 Å². The summed E-state index contributed by atoms with van der Waals surface area (Å²) in [7, 11) is 1.53. The number of aliphatic carboxylic acids is 2. The van der Waals surface area contributed by atoms with E-state index in [1.807, 2.05) is 0 Å². The van der Waals surface area contributed by atoms with Crippen molar-refractivity contribution in [2.75, 3.05) is 7.05 Å². The predicted octanol–water partition coefficient (Wildman–Crippen LogP) is -0.382. The van der Waals surface area contributed by atoms with E-state index in [-0.39, 0.29) is 0 Å². The fourth-order valence-corrected chi connectivity index (χ4v) is 1.54. The number of carbonyl (C=O) groups is 2. The Balaban J connectivity index is 2.67. The molecule has 2 atom stereocenters. The first kappa shape index (κ1) is 8.99. The lowest BCUT2D eigenvalue weighted by atomic mass is 10.2. The molecule has 1 aliphatic rings. The number of hydrogen-bond acceptors (Lipinski definition) is 3. The predicted molar refractivity (Wildman–Crippen MR) is 39.8 cm³/mol. The molecule has 0 saturated carbocycles. The third-order valence-electron chi connectivity index (χ3n) is 2.27. The van der Waals surface area contributed by atoms with Gasteiger partial charge in [-0.1, -0.05) is 0 Å². The van der Waals surface area contributed by atoms with Crippen molar-refractivity contribution < 1.29 is 19.8 Å². The highest BCUT2D eigenvalue weighted by molar-refractivity contribution is 5.79. The molecule has 12 heavy (non-hydrogen) atoms. The summed E-state index contributed by atoms with van der Waals surface area (Å²) in [6.45, 7) is 0. The summed E-state index contributed by atoms with van der Waals surface area (Å²) in [6.07, 6.45) is 0.839. The topological polar surface area (TPSA) is 77.8 Å². The Hall–Kier alpha value is -1.10. The number of rotatable bonds is 2. The van der Waals surface area contributed by atoms with Gasteiger partial charge in [0, 0.05) is 0 Å². The smallest absolute Gasteiger partial charge is 0.320 e. The molecule has 0 aromatic carbocycles. The zero-order chi connectivity index (χ0) is 9.30. The standard InChI is InChI=1S/C7H11NO4/c1-8-4(6(9)10)2-3-5(8)7(11)12/h4-5H,2-3H2,1H3,(H,9,10)(H,11,12)/t4-,5+. The summed E-state index contributed by atoms with van der Waals surface area (Å²) in [4.78, 5) is 22.5. The number of likely N-dealkylation sites (tertiary alicyclic amines) is 1. The molecule has 1 fully saturated rings. The van der Waals surface area contributed by atoms with Crippen molar-refractivity contribution >= 4 is 11.9 Å². The molecule has 0 radical (unpaired) electrons. The quantitative estimate of drug-likeness (QED) is 0.595.